The molecule has 2 unspecified atom stereocenters. The number of amidine groups is 2. The van der Waals surface area contributed by atoms with Crippen molar-refractivity contribution < 1.29 is 102 Å². The molecule has 10 nitrogen and oxygen atoms in total. The third kappa shape index (κ3) is 9.52. The van der Waals surface area contributed by atoms with Crippen molar-refractivity contribution in [2.24, 2.45) is 5.73 Å². The molecule has 2 saturated heterocycles. The molecule has 1 aromatic rings. The number of rotatable bonds is 7. The maximum atomic E-state index is 13.8. The second kappa shape index (κ2) is 14.5. The Kier molecular flexibility index (Phi) is 13.0. The second-order valence-corrected chi connectivity index (χ2v) is 8.68. The van der Waals surface area contributed by atoms with E-state index in [1.54, 1.807) is 0 Å². The molecule has 5 N–H and O–H groups in total. The molecule has 2 aliphatic rings. The fourth-order valence-corrected chi connectivity index (χ4v) is 4.18. The molecule has 0 aromatic heterocycles. The summed E-state index contributed by atoms with van der Waals surface area (Å²) in [5.74, 6) is -8.71. The number of fused-ring (bicyclic) bond motifs is 2. The van der Waals surface area contributed by atoms with Crippen LogP contribution in [0.5, 0.6) is 0 Å². The fraction of sp³-hybridized carbons (Fsp3) is 0.500. The summed E-state index contributed by atoms with van der Waals surface area (Å²) < 4.78 is 78.7. The molecule has 1 aromatic carbocycles. The minimum atomic E-state index is -4.91. The zero-order valence-electron chi connectivity index (χ0n) is 20.7. The Morgan fingerprint density at radius 3 is 2.21 bits per heavy atom. The number of piperazine rings is 1. The molecule has 1 amide bonds. The molecule has 2 heterocycles. The molecule has 0 spiro atoms. The number of likely N-dealkylation sites (tertiary alicyclic amines) is 1. The second-order valence-electron chi connectivity index (χ2n) is 8.68. The molecule has 2 fully saturated rings. The van der Waals surface area contributed by atoms with Gasteiger partial charge in [0.05, 0.1) is 18.5 Å². The number of benzene rings is 1. The van der Waals surface area contributed by atoms with Crippen LogP contribution < -0.4 is 62.2 Å². The van der Waals surface area contributed by atoms with E-state index in [1.807, 2.05) is 0 Å². The molecular weight excluding hydrogens is 567 g/mol. The van der Waals surface area contributed by atoms with E-state index in [0.717, 1.165) is 0 Å². The fourth-order valence-electron chi connectivity index (χ4n) is 4.18. The van der Waals surface area contributed by atoms with Crippen molar-refractivity contribution >= 4 is 29.5 Å². The first kappa shape index (κ1) is 35.0. The van der Waals surface area contributed by atoms with Gasteiger partial charge in [-0.2, -0.15) is 13.2 Å². The predicted octanol–water partition coefficient (Wildman–Crippen LogP) is -1.84. The van der Waals surface area contributed by atoms with Crippen LogP contribution in [0.1, 0.15) is 37.7 Å². The van der Waals surface area contributed by atoms with Crippen LogP contribution >= 0.6 is 0 Å². The topological polar surface area (TPSA) is 175 Å². The average Bonchev–Trinajstić information content (AvgIpc) is 3.15. The molecule has 210 valence electrons. The van der Waals surface area contributed by atoms with Gasteiger partial charge in [-0.1, -0.05) is 0 Å². The smallest absolute Gasteiger partial charge is 0.550 e. The number of carboxylic acid groups (broad SMARTS) is 2. The van der Waals surface area contributed by atoms with Gasteiger partial charge in [-0.15, -0.1) is 0 Å². The van der Waals surface area contributed by atoms with Crippen LogP contribution in [0.2, 0.25) is 0 Å². The van der Waals surface area contributed by atoms with Crippen molar-refractivity contribution in [2.75, 3.05) is 6.54 Å². The van der Waals surface area contributed by atoms with Gasteiger partial charge in [-0.3, -0.25) is 20.4 Å². The molecule has 2 aliphatic heterocycles. The quantitative estimate of drug-likeness (QED) is 0.0948. The molecule has 3 rings (SSSR count). The average molecular weight is 592 g/mol. The maximum Gasteiger partial charge on any atom is 1.00 e. The van der Waals surface area contributed by atoms with Crippen molar-refractivity contribution in [2.45, 2.75) is 62.8 Å². The van der Waals surface area contributed by atoms with Crippen molar-refractivity contribution in [3.63, 3.8) is 0 Å². The number of carbonyl (C=O) groups is 3. The number of alkyl halides is 3. The zero-order valence-corrected chi connectivity index (χ0v) is 23.8. The van der Waals surface area contributed by atoms with Gasteiger partial charge in [0.25, 0.3) is 0 Å². The monoisotopic (exact) mass is 591 g/mol. The number of amides is 1. The summed E-state index contributed by atoms with van der Waals surface area (Å²) in [4.78, 5) is 33.7. The summed E-state index contributed by atoms with van der Waals surface area (Å²) in [6.45, 7) is -0.327. The number of carbonyl (C=O) groups excluding carboxylic acids is 2. The number of carboxylic acids is 2. The van der Waals surface area contributed by atoms with E-state index in [4.69, 9.17) is 21.7 Å². The molecule has 0 radical (unpaired) electrons. The Balaban J connectivity index is 0.000000737. The first-order valence-corrected chi connectivity index (χ1v) is 11.2. The third-order valence-corrected chi connectivity index (χ3v) is 5.88. The van der Waals surface area contributed by atoms with E-state index in [1.165, 1.54) is 4.90 Å². The molecule has 3 atom stereocenters. The minimum absolute atomic E-state index is 0. The molecule has 0 saturated carbocycles. The van der Waals surface area contributed by atoms with E-state index in [9.17, 15) is 45.8 Å². The normalized spacial score (nSPS) is 19.0. The molecule has 2 bridgehead atoms. The van der Waals surface area contributed by atoms with Crippen molar-refractivity contribution in [1.82, 2.24) is 9.80 Å². The number of hydrogen-bond donors (Lipinski definition) is 4. The van der Waals surface area contributed by atoms with E-state index in [0.29, 0.717) is 23.5 Å². The number of nitrogens with two attached hydrogens (primary N) is 1. The largest absolute Gasteiger partial charge is 1.00 e. The number of hydrogen-bond acceptors (Lipinski definition) is 7. The molecule has 17 heteroatoms. The zero-order chi connectivity index (χ0) is 28.9. The molecule has 39 heavy (non-hydrogen) atoms. The van der Waals surface area contributed by atoms with Gasteiger partial charge >= 0.3 is 63.5 Å². The van der Waals surface area contributed by atoms with Crippen LogP contribution in [0, 0.1) is 28.3 Å². The number of aliphatic carboxylic acids is 2. The maximum absolute atomic E-state index is 13.8. The van der Waals surface area contributed by atoms with Gasteiger partial charge in [0, 0.05) is 31.0 Å². The van der Waals surface area contributed by atoms with Gasteiger partial charge in [-0.05, 0) is 37.3 Å². The molecule has 0 aliphatic carbocycles. The van der Waals surface area contributed by atoms with E-state index in [-0.39, 0.29) is 89.2 Å². The van der Waals surface area contributed by atoms with Crippen LogP contribution in [0.3, 0.4) is 0 Å². The number of nitrogens with one attached hydrogen (secondary N) is 2. The van der Waals surface area contributed by atoms with Gasteiger partial charge in [0.2, 0.25) is 11.7 Å². The Bertz CT molecular complexity index is 1110. The van der Waals surface area contributed by atoms with Crippen LogP contribution in [0.15, 0.2) is 12.1 Å². The van der Waals surface area contributed by atoms with Gasteiger partial charge < -0.3 is 30.5 Å². The summed E-state index contributed by atoms with van der Waals surface area (Å²) in [6.07, 6.45) is -5.58. The summed E-state index contributed by atoms with van der Waals surface area (Å²) in [7, 11) is 0. The van der Waals surface area contributed by atoms with Crippen LogP contribution in [-0.4, -0.2) is 75.3 Å². The Labute approximate surface area is 260 Å². The Morgan fingerprint density at radius 1 is 1.10 bits per heavy atom. The number of nitrogens with zero attached hydrogens (tertiary/aromatic N) is 2. The van der Waals surface area contributed by atoms with Gasteiger partial charge in [-0.25, -0.2) is 13.2 Å². The minimum Gasteiger partial charge on any atom is -0.550 e. The van der Waals surface area contributed by atoms with Gasteiger partial charge in [0.1, 0.15) is 11.7 Å². The van der Waals surface area contributed by atoms with Crippen LogP contribution in [-0.2, 0) is 20.8 Å². The first-order valence-electron chi connectivity index (χ1n) is 11.2. The van der Waals surface area contributed by atoms with Gasteiger partial charge in [0.15, 0.2) is 11.6 Å². The summed E-state index contributed by atoms with van der Waals surface area (Å²) in [5.41, 5.74) is 5.67. The first-order chi connectivity index (χ1) is 17.5. The van der Waals surface area contributed by atoms with Crippen LogP contribution in [0.4, 0.5) is 26.3 Å². The van der Waals surface area contributed by atoms with E-state index < -0.39 is 77.7 Å². The Morgan fingerprint density at radius 2 is 1.69 bits per heavy atom. The summed E-state index contributed by atoms with van der Waals surface area (Å²) in [5, 5.41) is 32.7. The summed E-state index contributed by atoms with van der Waals surface area (Å²) in [6, 6.07) is -1.43. The Hall–Kier alpha value is -2.05. The molecular formula is C22H24F6KN5O5. The van der Waals surface area contributed by atoms with Crippen molar-refractivity contribution in [3.8, 4) is 0 Å². The van der Waals surface area contributed by atoms with E-state index >= 15 is 0 Å². The number of halogens is 6. The van der Waals surface area contributed by atoms with Crippen LogP contribution in [0.25, 0.3) is 0 Å². The van der Waals surface area contributed by atoms with E-state index in [2.05, 4.69) is 0 Å². The third-order valence-electron chi connectivity index (χ3n) is 5.88. The standard InChI is InChI=1S/C18H19F6N5O.C4H6O4.K/c19-11-6-13(21)12(20)4-8(11)3-9(25)5-15(30)29-10-1-2-14(29)16(26)28(7-10)17(27)18(22,23)24;5-3(6)1-2-4(7)8;/h4,6,9-10,14,26-27H,1-3,5,7,25H2;1-2H2,(H,5,6)(H,7,8);/q;;+1/p-1/t9?,10-,14?;;/m0../s1. The predicted molar refractivity (Wildman–Crippen MR) is 116 cm³/mol. The van der Waals surface area contributed by atoms with Crippen molar-refractivity contribution in [1.29, 1.82) is 10.8 Å². The summed E-state index contributed by atoms with van der Waals surface area (Å²) >= 11 is 0. The van der Waals surface area contributed by atoms with Crippen molar-refractivity contribution in [3.05, 3.63) is 35.1 Å². The SMILES string of the molecule is N=C1C2CC[C@@H](CN1C(=N)C(F)(F)F)N2C(=O)CC(N)Cc1cc(F)c(F)cc1F.O=C([O-])CCC(=O)O.[K+].